The van der Waals surface area contributed by atoms with Crippen molar-refractivity contribution in [1.82, 2.24) is 15.2 Å². The molecular weight excluding hydrogens is 451 g/mol. The molecule has 1 aliphatic heterocycles. The Hall–Kier alpha value is -1.28. The average Bonchev–Trinajstić information content (AvgIpc) is 3.28. The highest BCUT2D eigenvalue weighted by atomic mass is 127. The normalized spacial score (nSPS) is 17.4. The number of aryl methyl sites for hydroxylation is 1. The van der Waals surface area contributed by atoms with Crippen LogP contribution in [-0.4, -0.2) is 55.7 Å². The van der Waals surface area contributed by atoms with E-state index in [9.17, 15) is 0 Å². The van der Waals surface area contributed by atoms with Crippen molar-refractivity contribution >= 4 is 40.8 Å². The van der Waals surface area contributed by atoms with Crippen LogP contribution >= 0.6 is 24.0 Å². The van der Waals surface area contributed by atoms with Gasteiger partial charge in [-0.3, -0.25) is 4.99 Å². The number of hydrogen-bond acceptors (Lipinski definition) is 2. The van der Waals surface area contributed by atoms with Crippen molar-refractivity contribution in [2.24, 2.45) is 10.9 Å². The van der Waals surface area contributed by atoms with Crippen molar-refractivity contribution in [3.63, 3.8) is 0 Å². The van der Waals surface area contributed by atoms with Crippen molar-refractivity contribution in [3.8, 4) is 0 Å². The SMILES string of the molecule is CCNC(=NCCc1c[nH]c2c(CC)cccc12)N1CCC(COC)C1.I. The van der Waals surface area contributed by atoms with Gasteiger partial charge in [-0.15, -0.1) is 24.0 Å². The molecule has 6 heteroatoms. The molecule has 2 heterocycles. The van der Waals surface area contributed by atoms with Crippen LogP contribution in [0.15, 0.2) is 29.4 Å². The molecule has 1 saturated heterocycles. The lowest BCUT2D eigenvalue weighted by atomic mass is 10.1. The lowest BCUT2D eigenvalue weighted by molar-refractivity contribution is 0.157. The van der Waals surface area contributed by atoms with Gasteiger partial charge in [-0.05, 0) is 37.3 Å². The zero-order valence-corrected chi connectivity index (χ0v) is 19.1. The summed E-state index contributed by atoms with van der Waals surface area (Å²) in [5.41, 5.74) is 4.02. The topological polar surface area (TPSA) is 52.7 Å². The second kappa shape index (κ2) is 10.9. The minimum atomic E-state index is 0. The maximum atomic E-state index is 5.31. The van der Waals surface area contributed by atoms with E-state index in [2.05, 4.69) is 53.4 Å². The van der Waals surface area contributed by atoms with Crippen molar-refractivity contribution in [2.75, 3.05) is 39.9 Å². The summed E-state index contributed by atoms with van der Waals surface area (Å²) in [6.45, 7) is 8.97. The van der Waals surface area contributed by atoms with E-state index >= 15 is 0 Å². The van der Waals surface area contributed by atoms with E-state index in [1.165, 1.54) is 28.5 Å². The quantitative estimate of drug-likeness (QED) is 0.357. The molecule has 1 aromatic carbocycles. The number of likely N-dealkylation sites (tertiary alicyclic amines) is 1. The number of aromatic amines is 1. The van der Waals surface area contributed by atoms with Crippen LogP contribution in [0.2, 0.25) is 0 Å². The van der Waals surface area contributed by atoms with E-state index < -0.39 is 0 Å². The third kappa shape index (κ3) is 5.38. The summed E-state index contributed by atoms with van der Waals surface area (Å²) in [6, 6.07) is 6.57. The number of halogens is 1. The number of nitrogens with one attached hydrogen (secondary N) is 2. The molecule has 2 aromatic rings. The van der Waals surface area contributed by atoms with Gasteiger partial charge >= 0.3 is 0 Å². The molecule has 1 aliphatic rings. The number of nitrogens with zero attached hydrogens (tertiary/aromatic N) is 2. The van der Waals surface area contributed by atoms with Gasteiger partial charge in [0.15, 0.2) is 5.96 Å². The standard InChI is InChI=1S/C21H32N4O.HI/c1-4-17-7-6-8-19-18(13-24-20(17)19)9-11-23-21(22-5-2)25-12-10-16(14-25)15-26-3;/h6-8,13,16,24H,4-5,9-12,14-15H2,1-3H3,(H,22,23);1H. The largest absolute Gasteiger partial charge is 0.384 e. The molecule has 1 atom stereocenters. The smallest absolute Gasteiger partial charge is 0.193 e. The number of fused-ring (bicyclic) bond motifs is 1. The number of H-pyrrole nitrogens is 1. The van der Waals surface area contributed by atoms with Crippen molar-refractivity contribution in [2.45, 2.75) is 33.1 Å². The van der Waals surface area contributed by atoms with Crippen LogP contribution in [-0.2, 0) is 17.6 Å². The molecule has 150 valence electrons. The van der Waals surface area contributed by atoms with Crippen LogP contribution in [0.1, 0.15) is 31.4 Å². The summed E-state index contributed by atoms with van der Waals surface area (Å²) in [4.78, 5) is 10.7. The molecule has 1 unspecified atom stereocenters. The van der Waals surface area contributed by atoms with Gasteiger partial charge < -0.3 is 19.9 Å². The predicted octanol–water partition coefficient (Wildman–Crippen LogP) is 3.82. The Labute approximate surface area is 180 Å². The summed E-state index contributed by atoms with van der Waals surface area (Å²) < 4.78 is 5.31. The number of hydrogen-bond donors (Lipinski definition) is 2. The Morgan fingerprint density at radius 1 is 1.33 bits per heavy atom. The van der Waals surface area contributed by atoms with Crippen molar-refractivity contribution in [1.29, 1.82) is 0 Å². The molecule has 0 amide bonds. The Kier molecular flexibility index (Phi) is 8.89. The first kappa shape index (κ1) is 22.0. The molecule has 1 aromatic heterocycles. The number of para-hydroxylation sites is 1. The van der Waals surface area contributed by atoms with Gasteiger partial charge in [-0.25, -0.2) is 0 Å². The Morgan fingerprint density at radius 2 is 2.19 bits per heavy atom. The molecule has 3 rings (SSSR count). The van der Waals surface area contributed by atoms with Gasteiger partial charge in [0.1, 0.15) is 0 Å². The first-order valence-corrected chi connectivity index (χ1v) is 9.86. The number of guanidine groups is 1. The molecule has 0 aliphatic carbocycles. The number of rotatable bonds is 7. The van der Waals surface area contributed by atoms with Gasteiger partial charge in [-0.1, -0.05) is 25.1 Å². The fourth-order valence-corrected chi connectivity index (χ4v) is 3.88. The third-order valence-electron chi connectivity index (χ3n) is 5.23. The van der Waals surface area contributed by atoms with Crippen LogP contribution in [0.25, 0.3) is 10.9 Å². The highest BCUT2D eigenvalue weighted by molar-refractivity contribution is 14.0. The van der Waals surface area contributed by atoms with Crippen LogP contribution in [0.4, 0.5) is 0 Å². The van der Waals surface area contributed by atoms with Crippen LogP contribution < -0.4 is 5.32 Å². The molecule has 27 heavy (non-hydrogen) atoms. The zero-order valence-electron chi connectivity index (χ0n) is 16.8. The van der Waals surface area contributed by atoms with Gasteiger partial charge in [-0.2, -0.15) is 0 Å². The minimum Gasteiger partial charge on any atom is -0.384 e. The first-order chi connectivity index (χ1) is 12.8. The molecule has 0 radical (unpaired) electrons. The minimum absolute atomic E-state index is 0. The number of benzene rings is 1. The summed E-state index contributed by atoms with van der Waals surface area (Å²) in [5.74, 6) is 1.66. The number of methoxy groups -OCH3 is 1. The van der Waals surface area contributed by atoms with Crippen molar-refractivity contribution in [3.05, 3.63) is 35.5 Å². The van der Waals surface area contributed by atoms with E-state index in [-0.39, 0.29) is 24.0 Å². The molecule has 5 nitrogen and oxygen atoms in total. The predicted molar refractivity (Wildman–Crippen MR) is 124 cm³/mol. The highest BCUT2D eigenvalue weighted by Crippen LogP contribution is 2.22. The van der Waals surface area contributed by atoms with Gasteiger partial charge in [0.25, 0.3) is 0 Å². The van der Waals surface area contributed by atoms with Crippen LogP contribution in [0.3, 0.4) is 0 Å². The molecule has 2 N–H and O–H groups in total. The summed E-state index contributed by atoms with van der Waals surface area (Å²) in [5, 5.41) is 4.79. The fraction of sp³-hybridized carbons (Fsp3) is 0.571. The summed E-state index contributed by atoms with van der Waals surface area (Å²) in [6.07, 6.45) is 5.34. The van der Waals surface area contributed by atoms with Crippen molar-refractivity contribution < 1.29 is 4.74 Å². The summed E-state index contributed by atoms with van der Waals surface area (Å²) >= 11 is 0. The maximum Gasteiger partial charge on any atom is 0.193 e. The van der Waals surface area contributed by atoms with E-state index in [0.717, 1.165) is 51.6 Å². The first-order valence-electron chi connectivity index (χ1n) is 9.86. The van der Waals surface area contributed by atoms with E-state index in [1.54, 1.807) is 7.11 Å². The van der Waals surface area contributed by atoms with Gasteiger partial charge in [0.2, 0.25) is 0 Å². The highest BCUT2D eigenvalue weighted by Gasteiger charge is 2.24. The Bertz CT molecular complexity index is 743. The lowest BCUT2D eigenvalue weighted by Crippen LogP contribution is -2.40. The monoisotopic (exact) mass is 484 g/mol. The zero-order chi connectivity index (χ0) is 18.4. The maximum absolute atomic E-state index is 5.31. The number of aliphatic imine (C=N–C) groups is 1. The molecular formula is C21H33IN4O. The molecule has 1 fully saturated rings. The van der Waals surface area contributed by atoms with Crippen LogP contribution in [0.5, 0.6) is 0 Å². The van der Waals surface area contributed by atoms with Gasteiger partial charge in [0.05, 0.1) is 6.61 Å². The average molecular weight is 484 g/mol. The Balaban J connectivity index is 0.00000261. The fourth-order valence-electron chi connectivity index (χ4n) is 3.88. The molecule has 0 spiro atoms. The van der Waals surface area contributed by atoms with E-state index in [1.807, 2.05) is 0 Å². The molecule has 0 saturated carbocycles. The molecule has 0 bridgehead atoms. The third-order valence-corrected chi connectivity index (χ3v) is 5.23. The lowest BCUT2D eigenvalue weighted by Gasteiger charge is -2.21. The van der Waals surface area contributed by atoms with Crippen LogP contribution in [0, 0.1) is 5.92 Å². The number of aromatic nitrogens is 1. The summed E-state index contributed by atoms with van der Waals surface area (Å²) in [7, 11) is 1.78. The van der Waals surface area contributed by atoms with E-state index in [4.69, 9.17) is 9.73 Å². The van der Waals surface area contributed by atoms with Gasteiger partial charge in [0, 0.05) is 56.3 Å². The second-order valence-electron chi connectivity index (χ2n) is 7.05. The Morgan fingerprint density at radius 3 is 2.93 bits per heavy atom. The van der Waals surface area contributed by atoms with E-state index in [0.29, 0.717) is 5.92 Å². The second-order valence-corrected chi connectivity index (χ2v) is 7.05. The number of ether oxygens (including phenoxy) is 1.